The Balaban J connectivity index is 1.26. The van der Waals surface area contributed by atoms with E-state index in [0.29, 0.717) is 34.9 Å². The summed E-state index contributed by atoms with van der Waals surface area (Å²) in [5, 5.41) is 18.9. The highest BCUT2D eigenvalue weighted by molar-refractivity contribution is 7.92. The maximum absolute atomic E-state index is 15.3. The molecule has 2 atom stereocenters. The number of carboxylic acid groups (broad SMARTS) is 1. The summed E-state index contributed by atoms with van der Waals surface area (Å²) >= 11 is 0. The number of aromatic nitrogens is 1. The van der Waals surface area contributed by atoms with E-state index >= 15 is 4.39 Å². The molecule has 14 heteroatoms. The highest BCUT2D eigenvalue weighted by Gasteiger charge is 2.38. The number of aromatic amines is 1. The van der Waals surface area contributed by atoms with Crippen LogP contribution in [0, 0.1) is 0 Å². The normalized spacial score (nSPS) is 14.3. The number of carbonyl (C=O) groups excluding carboxylic acids is 1. The number of rotatable bonds is 13. The first-order valence-electron chi connectivity index (χ1n) is 14.4. The Bertz CT molecular complexity index is 1940. The topological polar surface area (TPSA) is 176 Å². The molecule has 1 aromatic heterocycles. The number of H-pyrrole nitrogens is 1. The lowest BCUT2D eigenvalue weighted by atomic mass is 10.0. The molecule has 0 spiro atoms. The number of amides is 1. The van der Waals surface area contributed by atoms with Crippen molar-refractivity contribution in [3.8, 4) is 5.75 Å². The summed E-state index contributed by atoms with van der Waals surface area (Å²) in [7, 11) is -0.476. The van der Waals surface area contributed by atoms with Gasteiger partial charge >= 0.3 is 12.1 Å². The molecule has 0 bridgehead atoms. The van der Waals surface area contributed by atoms with Gasteiger partial charge in [-0.2, -0.15) is 0 Å². The zero-order valence-electron chi connectivity index (χ0n) is 25.0. The van der Waals surface area contributed by atoms with Crippen molar-refractivity contribution in [2.24, 2.45) is 0 Å². The van der Waals surface area contributed by atoms with Gasteiger partial charge in [0.2, 0.25) is 0 Å². The third kappa shape index (κ3) is 7.13. The van der Waals surface area contributed by atoms with Gasteiger partial charge in [0.1, 0.15) is 12.4 Å². The Kier molecular flexibility index (Phi) is 9.58. The number of sulfone groups is 1. The second-order valence-corrected chi connectivity index (χ2v) is 13.0. The summed E-state index contributed by atoms with van der Waals surface area (Å²) < 4.78 is 51.3. The minimum atomic E-state index is -3.46. The van der Waals surface area contributed by atoms with Crippen LogP contribution in [0.4, 0.5) is 20.6 Å². The molecule has 5 N–H and O–H groups in total. The van der Waals surface area contributed by atoms with Crippen molar-refractivity contribution < 1.29 is 37.0 Å². The fraction of sp³-hybridized carbons (Fsp3) is 0.281. The van der Waals surface area contributed by atoms with E-state index in [-0.39, 0.29) is 44.8 Å². The predicted octanol–water partition coefficient (Wildman–Crippen LogP) is 4.69. The molecule has 242 valence electrons. The van der Waals surface area contributed by atoms with Crippen molar-refractivity contribution in [2.45, 2.75) is 41.7 Å². The molecule has 1 amide bonds. The zero-order chi connectivity index (χ0) is 33.0. The molecule has 0 aliphatic heterocycles. The van der Waals surface area contributed by atoms with Crippen molar-refractivity contribution in [3.05, 3.63) is 93.9 Å². The van der Waals surface area contributed by atoms with Gasteiger partial charge < -0.3 is 30.2 Å². The van der Waals surface area contributed by atoms with Crippen molar-refractivity contribution in [2.75, 3.05) is 31.4 Å². The summed E-state index contributed by atoms with van der Waals surface area (Å²) in [5.41, 5.74) is 1.13. The van der Waals surface area contributed by atoms with Gasteiger partial charge in [-0.05, 0) is 78.9 Å². The Hall–Kier alpha value is -4.95. The second-order valence-electron chi connectivity index (χ2n) is 10.8. The van der Waals surface area contributed by atoms with E-state index in [2.05, 4.69) is 20.9 Å². The van der Waals surface area contributed by atoms with Gasteiger partial charge in [0.25, 0.3) is 5.56 Å². The van der Waals surface area contributed by atoms with Crippen LogP contribution >= 0.6 is 0 Å². The molecule has 1 saturated carbocycles. The summed E-state index contributed by atoms with van der Waals surface area (Å²) in [4.78, 5) is 39.7. The minimum absolute atomic E-state index is 0.0337. The number of ether oxygens (including phenoxy) is 2. The third-order valence-corrected chi connectivity index (χ3v) is 9.93. The first kappa shape index (κ1) is 32.4. The molecular weight excluding hydrogens is 619 g/mol. The molecule has 12 nitrogen and oxygen atoms in total. The Morgan fingerprint density at radius 3 is 2.52 bits per heavy atom. The van der Waals surface area contributed by atoms with Crippen molar-refractivity contribution in [1.82, 2.24) is 10.3 Å². The lowest BCUT2D eigenvalue weighted by Crippen LogP contribution is -2.21. The van der Waals surface area contributed by atoms with Gasteiger partial charge in [-0.3, -0.25) is 10.1 Å². The van der Waals surface area contributed by atoms with Gasteiger partial charge in [0.15, 0.2) is 22.1 Å². The van der Waals surface area contributed by atoms with Gasteiger partial charge in [-0.15, -0.1) is 0 Å². The molecule has 1 aliphatic rings. The van der Waals surface area contributed by atoms with Crippen LogP contribution < -0.4 is 26.2 Å². The van der Waals surface area contributed by atoms with E-state index in [4.69, 9.17) is 9.47 Å². The highest BCUT2D eigenvalue weighted by atomic mass is 32.2. The summed E-state index contributed by atoms with van der Waals surface area (Å²) in [6.07, 6.45) is 0.000736. The molecule has 5 rings (SSSR count). The molecule has 46 heavy (non-hydrogen) atoms. The molecule has 1 unspecified atom stereocenters. The van der Waals surface area contributed by atoms with E-state index in [1.807, 2.05) is 0 Å². The quantitative estimate of drug-likeness (QED) is 0.136. The summed E-state index contributed by atoms with van der Waals surface area (Å²) in [6, 6.07) is 13.9. The number of carbonyl (C=O) groups is 2. The van der Waals surface area contributed by atoms with Crippen LogP contribution in [0.25, 0.3) is 10.8 Å². The molecule has 4 aromatic rings. The standard InChI is InChI=1S/C32H33FN4O8S/c1-34-16-20-13-21(6-10-28(20)46(42,43)23-7-8-23)37-32(41)45-17-26(33)24-9-4-19(14-27(24)44-2)29(31(39)40)36-22-5-3-18-11-12-35-30(38)25(18)15-22/h3-6,9-15,23,26,29,34,36H,7-8,16-17H2,1-2H3,(H,35,38)(H,37,41)(H,39,40)/t26-,29?/m0/s1. The number of nitrogens with one attached hydrogen (secondary N) is 4. The summed E-state index contributed by atoms with van der Waals surface area (Å²) in [6.45, 7) is -0.417. The van der Waals surface area contributed by atoms with Crippen LogP contribution in [0.15, 0.2) is 76.6 Å². The Labute approximate surface area is 263 Å². The number of halogens is 1. The van der Waals surface area contributed by atoms with Crippen LogP contribution in [-0.2, 0) is 25.9 Å². The van der Waals surface area contributed by atoms with E-state index in [1.165, 1.54) is 49.7 Å². The van der Waals surface area contributed by atoms with E-state index in [9.17, 15) is 27.9 Å². The fourth-order valence-corrected chi connectivity index (χ4v) is 6.98. The van der Waals surface area contributed by atoms with Crippen molar-refractivity contribution >= 4 is 44.0 Å². The number of methoxy groups -OCH3 is 1. The SMILES string of the molecule is CNCc1cc(NC(=O)OC[C@H](F)c2ccc(C(Nc3ccc4cc[nH]c(=O)c4c3)C(=O)O)cc2OC)ccc1S(=O)(=O)C1CC1. The first-order chi connectivity index (χ1) is 22.0. The average molecular weight is 653 g/mol. The van der Waals surface area contributed by atoms with Crippen LogP contribution in [0.2, 0.25) is 0 Å². The van der Waals surface area contributed by atoms with Crippen LogP contribution in [0.5, 0.6) is 5.75 Å². The van der Waals surface area contributed by atoms with Crippen molar-refractivity contribution in [3.63, 3.8) is 0 Å². The zero-order valence-corrected chi connectivity index (χ0v) is 25.8. The molecule has 3 aromatic carbocycles. The van der Waals surface area contributed by atoms with E-state index in [1.54, 1.807) is 31.3 Å². The van der Waals surface area contributed by atoms with Crippen molar-refractivity contribution in [1.29, 1.82) is 0 Å². The average Bonchev–Trinajstić information content (AvgIpc) is 3.89. The van der Waals surface area contributed by atoms with Crippen LogP contribution in [0.3, 0.4) is 0 Å². The number of hydrogen-bond donors (Lipinski definition) is 5. The van der Waals surface area contributed by atoms with Crippen LogP contribution in [0.1, 0.15) is 41.7 Å². The number of anilines is 2. The first-order valence-corrected chi connectivity index (χ1v) is 15.9. The lowest BCUT2D eigenvalue weighted by molar-refractivity contribution is -0.138. The van der Waals surface area contributed by atoms with Gasteiger partial charge in [0.05, 0.1) is 17.3 Å². The number of aliphatic carboxylic acids is 1. The molecule has 0 saturated heterocycles. The number of fused-ring (bicyclic) bond motifs is 1. The maximum Gasteiger partial charge on any atom is 0.411 e. The lowest BCUT2D eigenvalue weighted by Gasteiger charge is -2.19. The van der Waals surface area contributed by atoms with Gasteiger partial charge in [-0.1, -0.05) is 18.2 Å². The molecule has 1 heterocycles. The minimum Gasteiger partial charge on any atom is -0.496 e. The number of pyridine rings is 1. The van der Waals surface area contributed by atoms with Gasteiger partial charge in [-0.25, -0.2) is 22.4 Å². The fourth-order valence-electron chi connectivity index (χ4n) is 5.11. The smallest absolute Gasteiger partial charge is 0.411 e. The number of carboxylic acids is 1. The predicted molar refractivity (Wildman–Crippen MR) is 170 cm³/mol. The molecular formula is C32H33FN4O8S. The summed E-state index contributed by atoms with van der Waals surface area (Å²) in [5.74, 6) is -1.18. The number of benzene rings is 3. The van der Waals surface area contributed by atoms with E-state index < -0.39 is 40.7 Å². The monoisotopic (exact) mass is 652 g/mol. The highest BCUT2D eigenvalue weighted by Crippen LogP contribution is 2.36. The Morgan fingerprint density at radius 2 is 1.83 bits per heavy atom. The maximum atomic E-state index is 15.3. The van der Waals surface area contributed by atoms with Gasteiger partial charge in [0, 0.05) is 35.1 Å². The van der Waals surface area contributed by atoms with E-state index in [0.717, 1.165) is 0 Å². The second kappa shape index (κ2) is 13.6. The number of hydrogen-bond acceptors (Lipinski definition) is 9. The number of alkyl halides is 1. The molecule has 0 radical (unpaired) electrons. The third-order valence-electron chi connectivity index (χ3n) is 7.57. The molecule has 1 aliphatic carbocycles. The Morgan fingerprint density at radius 1 is 1.07 bits per heavy atom. The largest absolute Gasteiger partial charge is 0.496 e. The molecule has 1 fully saturated rings. The van der Waals surface area contributed by atoms with Crippen LogP contribution in [-0.4, -0.2) is 56.6 Å².